The third kappa shape index (κ3) is 2.57. The van der Waals surface area contributed by atoms with Gasteiger partial charge in [0.15, 0.2) is 0 Å². The van der Waals surface area contributed by atoms with Crippen LogP contribution < -0.4 is 4.90 Å². The molecule has 1 aliphatic heterocycles. The van der Waals surface area contributed by atoms with Gasteiger partial charge in [0.05, 0.1) is 4.92 Å². The molecular weight excluding hydrogens is 236 g/mol. The molecule has 0 radical (unpaired) electrons. The monoisotopic (exact) mass is 252 g/mol. The van der Waals surface area contributed by atoms with Gasteiger partial charge in [0.25, 0.3) is 0 Å². The zero-order valence-electron chi connectivity index (χ0n) is 10.2. The van der Waals surface area contributed by atoms with Crippen LogP contribution in [0.1, 0.15) is 6.92 Å². The van der Waals surface area contributed by atoms with Crippen molar-refractivity contribution < 1.29 is 10.0 Å². The number of nitrogens with zero attached hydrogens (tertiary/aromatic N) is 4. The van der Waals surface area contributed by atoms with Crippen molar-refractivity contribution in [1.82, 2.24) is 9.88 Å². The molecule has 98 valence electrons. The second-order valence-electron chi connectivity index (χ2n) is 4.26. The topological polar surface area (TPSA) is 82.7 Å². The largest absolute Gasteiger partial charge is 0.379 e. The van der Waals surface area contributed by atoms with Gasteiger partial charge in [-0.15, -0.1) is 0 Å². The first-order chi connectivity index (χ1) is 8.59. The van der Waals surface area contributed by atoms with E-state index in [4.69, 9.17) is 0 Å². The molecule has 1 aliphatic rings. The lowest BCUT2D eigenvalue weighted by Crippen LogP contribution is -2.49. The highest BCUT2D eigenvalue weighted by Gasteiger charge is 2.25. The predicted molar refractivity (Wildman–Crippen MR) is 66.4 cm³/mol. The fourth-order valence-electron chi connectivity index (χ4n) is 2.08. The van der Waals surface area contributed by atoms with E-state index in [1.807, 2.05) is 9.80 Å². The molecule has 18 heavy (non-hydrogen) atoms. The van der Waals surface area contributed by atoms with Crippen LogP contribution >= 0.6 is 0 Å². The Balaban J connectivity index is 2.12. The lowest BCUT2D eigenvalue weighted by Gasteiger charge is -2.36. The van der Waals surface area contributed by atoms with E-state index >= 15 is 0 Å². The lowest BCUT2D eigenvalue weighted by atomic mass is 10.3. The number of hydrogen-bond acceptors (Lipinski definition) is 6. The average Bonchev–Trinajstić information content (AvgIpc) is 2.39. The fourth-order valence-corrected chi connectivity index (χ4v) is 2.08. The molecule has 1 aromatic rings. The first-order valence-corrected chi connectivity index (χ1v) is 5.86. The van der Waals surface area contributed by atoms with Crippen molar-refractivity contribution in [1.29, 1.82) is 0 Å². The molecule has 1 N–H and O–H groups in total. The summed E-state index contributed by atoms with van der Waals surface area (Å²) in [5.41, 5.74) is 0.0306. The number of pyridine rings is 1. The maximum Gasteiger partial charge on any atom is 0.311 e. The molecule has 0 aliphatic carbocycles. The maximum absolute atomic E-state index is 10.9. The summed E-state index contributed by atoms with van der Waals surface area (Å²) in [6.07, 6.45) is 1.08. The number of aromatic nitrogens is 1. The van der Waals surface area contributed by atoms with Gasteiger partial charge in [0, 0.05) is 38.4 Å². The van der Waals surface area contributed by atoms with E-state index < -0.39 is 11.2 Å². The summed E-state index contributed by atoms with van der Waals surface area (Å²) < 4.78 is 0. The first kappa shape index (κ1) is 12.7. The molecule has 2 heterocycles. The van der Waals surface area contributed by atoms with Crippen LogP contribution in [0.5, 0.6) is 0 Å². The van der Waals surface area contributed by atoms with Crippen LogP contribution in [0.15, 0.2) is 18.3 Å². The van der Waals surface area contributed by atoms with E-state index in [2.05, 4.69) is 4.98 Å². The maximum atomic E-state index is 10.9. The van der Waals surface area contributed by atoms with Gasteiger partial charge in [-0.3, -0.25) is 15.0 Å². The quantitative estimate of drug-likeness (QED) is 0.621. The van der Waals surface area contributed by atoms with Crippen LogP contribution in [0, 0.1) is 10.1 Å². The van der Waals surface area contributed by atoms with E-state index in [0.717, 1.165) is 0 Å². The zero-order chi connectivity index (χ0) is 13.1. The fraction of sp³-hybridized carbons (Fsp3) is 0.545. The van der Waals surface area contributed by atoms with Crippen molar-refractivity contribution in [2.45, 2.75) is 13.2 Å². The molecule has 0 saturated carbocycles. The van der Waals surface area contributed by atoms with Crippen molar-refractivity contribution in [2.75, 3.05) is 31.1 Å². The molecule has 7 heteroatoms. The molecule has 2 rings (SSSR count). The van der Waals surface area contributed by atoms with Gasteiger partial charge in [-0.25, -0.2) is 4.98 Å². The minimum Gasteiger partial charge on any atom is -0.379 e. The molecule has 1 aromatic heterocycles. The number of anilines is 1. The molecule has 0 aromatic carbocycles. The van der Waals surface area contributed by atoms with Crippen molar-refractivity contribution in [3.63, 3.8) is 0 Å². The Bertz CT molecular complexity index is 430. The van der Waals surface area contributed by atoms with Gasteiger partial charge < -0.3 is 10.0 Å². The molecule has 1 unspecified atom stereocenters. The average molecular weight is 252 g/mol. The standard InChI is InChI=1S/C11H16N4O3/c1-9(16)13-5-7-14(8-6-13)11-10(15(17)18)3-2-4-12-11/h2-4,9,16H,5-8H2,1H3. The highest BCUT2D eigenvalue weighted by atomic mass is 16.6. The van der Waals surface area contributed by atoms with Crippen molar-refractivity contribution >= 4 is 11.5 Å². The molecule has 7 nitrogen and oxygen atoms in total. The SMILES string of the molecule is CC(O)N1CCN(c2ncccc2[N+](=O)[O-])CC1. The number of aliphatic hydroxyl groups excluding tert-OH is 1. The van der Waals surface area contributed by atoms with E-state index in [1.165, 1.54) is 6.07 Å². The van der Waals surface area contributed by atoms with Gasteiger partial charge in [0.2, 0.25) is 5.82 Å². The van der Waals surface area contributed by atoms with E-state index in [0.29, 0.717) is 32.0 Å². The second kappa shape index (κ2) is 5.28. The predicted octanol–water partition coefficient (Wildman–Crippen LogP) is 0.450. The molecule has 0 spiro atoms. The number of nitro groups is 1. The van der Waals surface area contributed by atoms with Crippen LogP contribution in [-0.4, -0.2) is 52.3 Å². The number of rotatable bonds is 3. The molecular formula is C11H16N4O3. The molecule has 1 fully saturated rings. The summed E-state index contributed by atoms with van der Waals surface area (Å²) in [5.74, 6) is 0.410. The Morgan fingerprint density at radius 1 is 1.44 bits per heavy atom. The summed E-state index contributed by atoms with van der Waals surface area (Å²) in [5, 5.41) is 20.4. The molecule has 0 amide bonds. The van der Waals surface area contributed by atoms with Crippen molar-refractivity contribution in [3.8, 4) is 0 Å². The smallest absolute Gasteiger partial charge is 0.311 e. The zero-order valence-corrected chi connectivity index (χ0v) is 10.2. The van der Waals surface area contributed by atoms with Crippen LogP contribution in [-0.2, 0) is 0 Å². The van der Waals surface area contributed by atoms with Gasteiger partial charge in [-0.05, 0) is 13.0 Å². The van der Waals surface area contributed by atoms with Gasteiger partial charge in [-0.1, -0.05) is 0 Å². The Labute approximate surface area is 105 Å². The summed E-state index contributed by atoms with van der Waals surface area (Å²) in [6, 6.07) is 3.02. The Morgan fingerprint density at radius 3 is 2.67 bits per heavy atom. The Morgan fingerprint density at radius 2 is 2.11 bits per heavy atom. The lowest BCUT2D eigenvalue weighted by molar-refractivity contribution is -0.384. The third-order valence-electron chi connectivity index (χ3n) is 3.11. The van der Waals surface area contributed by atoms with Gasteiger partial charge in [-0.2, -0.15) is 0 Å². The van der Waals surface area contributed by atoms with Crippen LogP contribution in [0.4, 0.5) is 11.5 Å². The molecule has 1 saturated heterocycles. The minimum atomic E-state index is -0.481. The van der Waals surface area contributed by atoms with Crippen molar-refractivity contribution in [2.24, 2.45) is 0 Å². The molecule has 1 atom stereocenters. The normalized spacial score (nSPS) is 18.7. The summed E-state index contributed by atoms with van der Waals surface area (Å²) >= 11 is 0. The third-order valence-corrected chi connectivity index (χ3v) is 3.11. The molecule has 0 bridgehead atoms. The van der Waals surface area contributed by atoms with E-state index in [1.54, 1.807) is 19.2 Å². The van der Waals surface area contributed by atoms with Crippen molar-refractivity contribution in [3.05, 3.63) is 28.4 Å². The van der Waals surface area contributed by atoms with Gasteiger partial charge >= 0.3 is 5.69 Å². The second-order valence-corrected chi connectivity index (χ2v) is 4.26. The number of hydrogen-bond donors (Lipinski definition) is 1. The highest BCUT2D eigenvalue weighted by molar-refractivity contribution is 5.57. The number of piperazine rings is 1. The Kier molecular flexibility index (Phi) is 3.73. The van der Waals surface area contributed by atoms with Crippen LogP contribution in [0.2, 0.25) is 0 Å². The number of aliphatic hydroxyl groups is 1. The van der Waals surface area contributed by atoms with Gasteiger partial charge in [0.1, 0.15) is 6.23 Å². The summed E-state index contributed by atoms with van der Waals surface area (Å²) in [4.78, 5) is 18.4. The first-order valence-electron chi connectivity index (χ1n) is 5.86. The van der Waals surface area contributed by atoms with E-state index in [9.17, 15) is 15.2 Å². The Hall–Kier alpha value is -1.73. The minimum absolute atomic E-state index is 0.0306. The van der Waals surface area contributed by atoms with Crippen LogP contribution in [0.3, 0.4) is 0 Å². The highest BCUT2D eigenvalue weighted by Crippen LogP contribution is 2.25. The van der Waals surface area contributed by atoms with E-state index in [-0.39, 0.29) is 5.69 Å². The summed E-state index contributed by atoms with van der Waals surface area (Å²) in [7, 11) is 0. The summed E-state index contributed by atoms with van der Waals surface area (Å²) in [6.45, 7) is 4.32. The van der Waals surface area contributed by atoms with Crippen LogP contribution in [0.25, 0.3) is 0 Å².